The molecule has 0 amide bonds. The third kappa shape index (κ3) is 9.73. The van der Waals surface area contributed by atoms with Crippen molar-refractivity contribution in [1.29, 1.82) is 0 Å². The molecule has 0 radical (unpaired) electrons. The molecular weight excluding hydrogens is 1100 g/mol. The van der Waals surface area contributed by atoms with Crippen molar-refractivity contribution in [2.75, 3.05) is 4.81 Å². The fourth-order valence-corrected chi connectivity index (χ4v) is 11.3. The zero-order valence-electron chi connectivity index (χ0n) is 51.2. The van der Waals surface area contributed by atoms with E-state index in [1.807, 2.05) is 48.7 Å². The van der Waals surface area contributed by atoms with Crippen LogP contribution < -0.4 is 9.55 Å². The van der Waals surface area contributed by atoms with Crippen molar-refractivity contribution in [3.63, 3.8) is 0 Å². The minimum absolute atomic E-state index is 0.0989. The Labute approximate surface area is 464 Å². The normalized spacial score (nSPS) is 14.1. The maximum absolute atomic E-state index is 9.53. The molecule has 1 aliphatic rings. The van der Waals surface area contributed by atoms with Gasteiger partial charge in [-0.15, -0.1) is 0 Å². The van der Waals surface area contributed by atoms with E-state index >= 15 is 0 Å². The summed E-state index contributed by atoms with van der Waals surface area (Å²) in [6.07, 6.45) is 3.66. The molecule has 0 bridgehead atoms. The number of pyridine rings is 1. The number of hydrogen-bond donors (Lipinski definition) is 0. The molecule has 6 aromatic carbocycles. The van der Waals surface area contributed by atoms with Crippen LogP contribution in [0.3, 0.4) is 0 Å². The van der Waals surface area contributed by atoms with E-state index in [0.717, 1.165) is 89.4 Å². The van der Waals surface area contributed by atoms with E-state index in [4.69, 9.17) is 18.9 Å². The van der Waals surface area contributed by atoms with Crippen molar-refractivity contribution in [3.05, 3.63) is 183 Å². The molecule has 0 unspecified atom stereocenters. The summed E-state index contributed by atoms with van der Waals surface area (Å²) in [5.41, 5.74) is 14.2. The van der Waals surface area contributed by atoms with Gasteiger partial charge in [0, 0.05) is 6.20 Å². The third-order valence-corrected chi connectivity index (χ3v) is 15.6. The molecular formula is C66H71BN6OPt-2. The first-order valence-electron chi connectivity index (χ1n) is 28.7. The fourth-order valence-electron chi connectivity index (χ4n) is 10.2. The summed E-state index contributed by atoms with van der Waals surface area (Å²) >= 11 is 2.38. The van der Waals surface area contributed by atoms with Crippen LogP contribution >= 0.6 is 0 Å². The SMILES string of the molecule is [2H]c1c([2H])c([2H])c(-c2cc(C(C)(C)C)cc(-c3cc(C(C)(C)C)cc(C(C)(C)C)c3)c2-n2[c](=[Pt])n(-c3[c-]c(Oc4[c-]c5c(cc4)-c4c(C)c(C)nn4B(CCC)N5c4cc(C(C)(C)C)ccn4)ccc3)c3ccccc32)c([2H])c1[2H]. The van der Waals surface area contributed by atoms with E-state index in [0.29, 0.717) is 28.4 Å². The standard InChI is InChI=1S/C66H71BN6O.Pt/c1-16-32-67-72(60-39-47(31-33-68-60)63(4,5)6)59-41-53(29-30-54(59)61-43(2)44(3)69-73(61)67)74-52-26-22-25-51(40-52)70-42-71(58-28-21-20-27-57(58)70)62-55(45-23-18-17-19-24-45)37-50(66(13,14)15)38-56(62)46-34-48(64(7,8)9)36-49(35-46)65(10,11)12;/h17-31,33-39H,16,32H2,1-15H3;/q-2;/i17D,18D,19D,23D,24D;. The van der Waals surface area contributed by atoms with Crippen molar-refractivity contribution in [3.8, 4) is 56.4 Å². The number of ether oxygens (including phenoxy) is 1. The van der Waals surface area contributed by atoms with Crippen molar-refractivity contribution < 1.29 is 30.9 Å². The summed E-state index contributed by atoms with van der Waals surface area (Å²) in [7, 11) is 0. The van der Waals surface area contributed by atoms with Crippen molar-refractivity contribution >= 4 is 29.5 Å². The van der Waals surface area contributed by atoms with E-state index in [9.17, 15) is 2.74 Å². The molecule has 0 atom stereocenters. The Balaban J connectivity index is 1.20. The summed E-state index contributed by atoms with van der Waals surface area (Å²) < 4.78 is 59.8. The number of hydrogen-bond acceptors (Lipinski definition) is 4. The van der Waals surface area contributed by atoms with Gasteiger partial charge in [0.2, 0.25) is 0 Å². The zero-order chi connectivity index (χ0) is 57.9. The molecule has 0 saturated carbocycles. The van der Waals surface area contributed by atoms with Gasteiger partial charge in [0.1, 0.15) is 0 Å². The van der Waals surface area contributed by atoms with E-state index in [1.165, 1.54) is 5.56 Å². The van der Waals surface area contributed by atoms with Crippen LogP contribution in [-0.4, -0.2) is 30.8 Å². The number of anilines is 2. The molecule has 9 aromatic rings. The second-order valence-electron chi connectivity index (χ2n) is 24.3. The second-order valence-corrected chi connectivity index (χ2v) is 25.3. The first-order valence-corrected chi connectivity index (χ1v) is 27.3. The molecule has 4 heterocycles. The first-order chi connectivity index (χ1) is 37.5. The van der Waals surface area contributed by atoms with Crippen LogP contribution in [0.4, 0.5) is 11.5 Å². The van der Waals surface area contributed by atoms with Gasteiger partial charge in [-0.1, -0.05) is 34.1 Å². The maximum atomic E-state index is 9.53. The molecule has 0 N–H and O–H groups in total. The predicted molar refractivity (Wildman–Crippen MR) is 309 cm³/mol. The topological polar surface area (TPSA) is 53.0 Å². The number of aryl methyl sites for hydroxylation is 1. The second kappa shape index (κ2) is 19.3. The summed E-state index contributed by atoms with van der Waals surface area (Å²) in [5, 5.41) is 5.12. The molecule has 0 fully saturated rings. The number of fused-ring (bicyclic) bond motifs is 4. The van der Waals surface area contributed by atoms with Crippen LogP contribution in [0, 0.1) is 29.8 Å². The van der Waals surface area contributed by atoms with E-state index in [1.54, 1.807) is 0 Å². The van der Waals surface area contributed by atoms with Gasteiger partial charge < -0.3 is 0 Å². The van der Waals surface area contributed by atoms with Crippen LogP contribution in [0.15, 0.2) is 133 Å². The quantitative estimate of drug-likeness (QED) is 0.107. The van der Waals surface area contributed by atoms with Gasteiger partial charge in [-0.05, 0) is 30.9 Å². The first kappa shape index (κ1) is 45.9. The Bertz CT molecular complexity index is 3960. The number of imidazole rings is 1. The predicted octanol–water partition coefficient (Wildman–Crippen LogP) is 17.2. The Morgan fingerprint density at radius 3 is 1.85 bits per heavy atom. The van der Waals surface area contributed by atoms with Gasteiger partial charge in [-0.25, -0.2) is 0 Å². The van der Waals surface area contributed by atoms with Crippen molar-refractivity contribution in [2.45, 2.75) is 138 Å². The van der Waals surface area contributed by atoms with Crippen LogP contribution in [0.1, 0.15) is 137 Å². The fraction of sp³-hybridized carbons (Fsp3) is 0.318. The van der Waals surface area contributed by atoms with E-state index < -0.39 is 11.5 Å². The van der Waals surface area contributed by atoms with E-state index in [-0.39, 0.29) is 53.0 Å². The van der Waals surface area contributed by atoms with Gasteiger partial charge >= 0.3 is 385 Å². The molecule has 1 aliphatic heterocycles. The van der Waals surface area contributed by atoms with Crippen LogP contribution in [-0.2, 0) is 41.0 Å². The third-order valence-electron chi connectivity index (χ3n) is 14.6. The Morgan fingerprint density at radius 1 is 0.627 bits per heavy atom. The molecule has 75 heavy (non-hydrogen) atoms. The van der Waals surface area contributed by atoms with Crippen LogP contribution in [0.25, 0.3) is 55.9 Å². The molecule has 9 heteroatoms. The van der Waals surface area contributed by atoms with Gasteiger partial charge in [0.05, 0.1) is 5.69 Å². The number of benzene rings is 6. The zero-order valence-corrected chi connectivity index (χ0v) is 48.5. The Kier molecular flexibility index (Phi) is 11.8. The van der Waals surface area contributed by atoms with Crippen molar-refractivity contribution in [2.24, 2.45) is 0 Å². The molecule has 0 aliphatic carbocycles. The van der Waals surface area contributed by atoms with Gasteiger partial charge in [0.15, 0.2) is 0 Å². The molecule has 7 nitrogen and oxygen atoms in total. The van der Waals surface area contributed by atoms with Gasteiger partial charge in [-0.2, -0.15) is 5.10 Å². The summed E-state index contributed by atoms with van der Waals surface area (Å²) in [5.74, 6) is 1.83. The van der Waals surface area contributed by atoms with Crippen LogP contribution in [0.2, 0.25) is 6.32 Å². The van der Waals surface area contributed by atoms with E-state index in [2.05, 4.69) is 208 Å². The molecule has 0 saturated heterocycles. The molecule has 386 valence electrons. The van der Waals surface area contributed by atoms with Crippen molar-refractivity contribution in [1.82, 2.24) is 23.8 Å². The molecule has 3 aromatic heterocycles. The minimum atomic E-state index is -0.437. The summed E-state index contributed by atoms with van der Waals surface area (Å²) in [4.78, 5) is 7.28. The van der Waals surface area contributed by atoms with Gasteiger partial charge in [-0.3, -0.25) is 0 Å². The monoisotopic (exact) mass is 1170 g/mol. The summed E-state index contributed by atoms with van der Waals surface area (Å²) in [6.45, 7) is 32.7. The molecule has 10 rings (SSSR count). The number of aromatic nitrogens is 5. The average Bonchev–Trinajstić information content (AvgIpc) is 4.09. The average molecular weight is 1180 g/mol. The number of para-hydroxylation sites is 2. The number of nitrogens with zero attached hydrogens (tertiary/aromatic N) is 6. The van der Waals surface area contributed by atoms with Gasteiger partial charge in [0.25, 0.3) is 0 Å². The number of rotatable bonds is 9. The Hall–Kier alpha value is -6.50. The Morgan fingerprint density at radius 2 is 1.23 bits per heavy atom. The van der Waals surface area contributed by atoms with Crippen LogP contribution in [0.5, 0.6) is 11.5 Å². The molecule has 0 spiro atoms. The summed E-state index contributed by atoms with van der Waals surface area (Å²) in [6, 6.07) is 39.2.